The molecule has 124 valence electrons. The standard InChI is InChI=1S/C18H23NO4/c20-17-22-13-18(23-17)6-8-19(9-7-18)12-14-5-10-21-16-4-2-1-3-15(16)11-14/h1-4,14H,5-13H2/t14-/m1/s1. The van der Waals surface area contributed by atoms with Gasteiger partial charge in [-0.2, -0.15) is 0 Å². The normalized spacial score (nSPS) is 26.8. The first-order valence-electron chi connectivity index (χ1n) is 8.51. The van der Waals surface area contributed by atoms with Gasteiger partial charge in [-0.25, -0.2) is 4.79 Å². The highest BCUT2D eigenvalue weighted by molar-refractivity contribution is 5.62. The van der Waals surface area contributed by atoms with E-state index >= 15 is 0 Å². The first-order valence-corrected chi connectivity index (χ1v) is 8.51. The van der Waals surface area contributed by atoms with Crippen molar-refractivity contribution in [2.24, 2.45) is 5.92 Å². The zero-order valence-electron chi connectivity index (χ0n) is 13.3. The van der Waals surface area contributed by atoms with Gasteiger partial charge in [-0.15, -0.1) is 0 Å². The van der Waals surface area contributed by atoms with Gasteiger partial charge in [-0.3, -0.25) is 0 Å². The second-order valence-electron chi connectivity index (χ2n) is 6.94. The van der Waals surface area contributed by atoms with Crippen LogP contribution < -0.4 is 4.74 Å². The fraction of sp³-hybridized carbons (Fsp3) is 0.611. The molecule has 2 fully saturated rings. The lowest BCUT2D eigenvalue weighted by molar-refractivity contribution is -0.00351. The summed E-state index contributed by atoms with van der Waals surface area (Å²) in [6, 6.07) is 8.36. The number of rotatable bonds is 2. The molecule has 2 saturated heterocycles. The van der Waals surface area contributed by atoms with Crippen molar-refractivity contribution in [3.05, 3.63) is 29.8 Å². The van der Waals surface area contributed by atoms with Crippen molar-refractivity contribution in [2.45, 2.75) is 31.3 Å². The topological polar surface area (TPSA) is 48.0 Å². The first-order chi connectivity index (χ1) is 11.2. The van der Waals surface area contributed by atoms with Gasteiger partial charge < -0.3 is 19.1 Å². The predicted octanol–water partition coefficient (Wildman–Crippen LogP) is 2.63. The zero-order chi connectivity index (χ0) is 15.7. The van der Waals surface area contributed by atoms with Crippen LogP contribution in [-0.2, 0) is 15.9 Å². The quantitative estimate of drug-likeness (QED) is 0.785. The maximum Gasteiger partial charge on any atom is 0.509 e. The van der Waals surface area contributed by atoms with Crippen LogP contribution in [0.5, 0.6) is 5.75 Å². The molecule has 0 bridgehead atoms. The summed E-state index contributed by atoms with van der Waals surface area (Å²) in [5.74, 6) is 1.66. The van der Waals surface area contributed by atoms with Crippen molar-refractivity contribution in [3.8, 4) is 5.75 Å². The van der Waals surface area contributed by atoms with E-state index in [0.29, 0.717) is 12.5 Å². The van der Waals surface area contributed by atoms with Gasteiger partial charge in [0.25, 0.3) is 0 Å². The third-order valence-electron chi connectivity index (χ3n) is 5.30. The third-order valence-corrected chi connectivity index (χ3v) is 5.30. The lowest BCUT2D eigenvalue weighted by Crippen LogP contribution is -2.47. The molecule has 0 aliphatic carbocycles. The fourth-order valence-electron chi connectivity index (χ4n) is 3.90. The number of hydrogen-bond acceptors (Lipinski definition) is 5. The summed E-state index contributed by atoms with van der Waals surface area (Å²) in [5.41, 5.74) is 0.967. The Kier molecular flexibility index (Phi) is 3.89. The number of nitrogens with zero attached hydrogens (tertiary/aromatic N) is 1. The Balaban J connectivity index is 1.34. The van der Waals surface area contributed by atoms with E-state index in [1.54, 1.807) is 0 Å². The van der Waals surface area contributed by atoms with E-state index in [0.717, 1.165) is 57.7 Å². The highest BCUT2D eigenvalue weighted by atomic mass is 16.8. The minimum absolute atomic E-state index is 0.354. The molecule has 0 N–H and O–H groups in total. The Morgan fingerprint density at radius 2 is 2.00 bits per heavy atom. The molecule has 3 aliphatic heterocycles. The van der Waals surface area contributed by atoms with Gasteiger partial charge in [0.1, 0.15) is 12.4 Å². The Morgan fingerprint density at radius 3 is 2.78 bits per heavy atom. The minimum atomic E-state index is -0.504. The molecule has 5 heteroatoms. The van der Waals surface area contributed by atoms with Crippen molar-refractivity contribution in [1.29, 1.82) is 0 Å². The number of carbonyl (C=O) groups is 1. The molecule has 0 amide bonds. The van der Waals surface area contributed by atoms with Crippen LogP contribution in [-0.4, -0.2) is 49.5 Å². The summed E-state index contributed by atoms with van der Waals surface area (Å²) in [5, 5.41) is 0. The van der Waals surface area contributed by atoms with Gasteiger partial charge in [-0.1, -0.05) is 18.2 Å². The van der Waals surface area contributed by atoms with Gasteiger partial charge in [0.15, 0.2) is 5.60 Å². The number of cyclic esters (lactones) is 1. The molecule has 1 aromatic rings. The Hall–Kier alpha value is -1.75. The number of likely N-dealkylation sites (tertiary alicyclic amines) is 1. The molecule has 23 heavy (non-hydrogen) atoms. The summed E-state index contributed by atoms with van der Waals surface area (Å²) in [6.45, 7) is 4.24. The highest BCUT2D eigenvalue weighted by Gasteiger charge is 2.44. The van der Waals surface area contributed by atoms with Crippen LogP contribution in [0.15, 0.2) is 24.3 Å². The molecular weight excluding hydrogens is 294 g/mol. The summed E-state index contributed by atoms with van der Waals surface area (Å²) < 4.78 is 16.2. The van der Waals surface area contributed by atoms with Gasteiger partial charge in [0.05, 0.1) is 6.61 Å². The van der Waals surface area contributed by atoms with Crippen molar-refractivity contribution < 1.29 is 19.0 Å². The molecule has 1 aromatic carbocycles. The van der Waals surface area contributed by atoms with Crippen molar-refractivity contribution in [3.63, 3.8) is 0 Å². The van der Waals surface area contributed by atoms with E-state index in [-0.39, 0.29) is 5.60 Å². The van der Waals surface area contributed by atoms with E-state index in [9.17, 15) is 4.79 Å². The molecule has 4 rings (SSSR count). The summed E-state index contributed by atoms with van der Waals surface area (Å²) in [7, 11) is 0. The summed E-state index contributed by atoms with van der Waals surface area (Å²) >= 11 is 0. The van der Waals surface area contributed by atoms with Gasteiger partial charge in [-0.05, 0) is 30.4 Å². The monoisotopic (exact) mass is 317 g/mol. The minimum Gasteiger partial charge on any atom is -0.493 e. The number of benzene rings is 1. The van der Waals surface area contributed by atoms with E-state index in [2.05, 4.69) is 23.1 Å². The summed E-state index contributed by atoms with van der Waals surface area (Å²) in [6.07, 6.45) is 3.41. The predicted molar refractivity (Wildman–Crippen MR) is 84.6 cm³/mol. The highest BCUT2D eigenvalue weighted by Crippen LogP contribution is 2.33. The molecule has 3 aliphatic rings. The average molecular weight is 317 g/mol. The maximum atomic E-state index is 11.2. The van der Waals surface area contributed by atoms with E-state index in [1.165, 1.54) is 5.56 Å². The summed E-state index contributed by atoms with van der Waals surface area (Å²) in [4.78, 5) is 13.7. The fourth-order valence-corrected chi connectivity index (χ4v) is 3.90. The smallest absolute Gasteiger partial charge is 0.493 e. The van der Waals surface area contributed by atoms with Crippen LogP contribution in [0.1, 0.15) is 24.8 Å². The number of piperidine rings is 1. The van der Waals surface area contributed by atoms with Gasteiger partial charge in [0.2, 0.25) is 0 Å². The molecule has 1 spiro atoms. The van der Waals surface area contributed by atoms with E-state index < -0.39 is 6.16 Å². The van der Waals surface area contributed by atoms with Crippen molar-refractivity contribution >= 4 is 6.16 Å². The van der Waals surface area contributed by atoms with Crippen LogP contribution in [0.4, 0.5) is 4.79 Å². The number of carbonyl (C=O) groups excluding carboxylic acids is 1. The Labute approximate surface area is 136 Å². The SMILES string of the molecule is O=C1OCC2(CCN(C[C@@H]3CCOc4ccccc4C3)CC2)O1. The molecule has 3 heterocycles. The third kappa shape index (κ3) is 3.15. The van der Waals surface area contributed by atoms with Gasteiger partial charge in [0, 0.05) is 32.5 Å². The van der Waals surface area contributed by atoms with Crippen molar-refractivity contribution in [2.75, 3.05) is 32.8 Å². The second-order valence-corrected chi connectivity index (χ2v) is 6.94. The number of fused-ring (bicyclic) bond motifs is 1. The molecule has 5 nitrogen and oxygen atoms in total. The Bertz CT molecular complexity index is 580. The average Bonchev–Trinajstić information content (AvgIpc) is 2.79. The van der Waals surface area contributed by atoms with E-state index in [4.69, 9.17) is 14.2 Å². The van der Waals surface area contributed by atoms with Crippen LogP contribution in [0.3, 0.4) is 0 Å². The Morgan fingerprint density at radius 1 is 1.17 bits per heavy atom. The molecular formula is C18H23NO4. The molecule has 0 aromatic heterocycles. The number of hydrogen-bond donors (Lipinski definition) is 0. The van der Waals surface area contributed by atoms with Crippen molar-refractivity contribution in [1.82, 2.24) is 4.90 Å². The number of ether oxygens (including phenoxy) is 3. The lowest BCUT2D eigenvalue weighted by Gasteiger charge is -2.37. The largest absolute Gasteiger partial charge is 0.509 e. The lowest BCUT2D eigenvalue weighted by atomic mass is 9.90. The van der Waals surface area contributed by atoms with Crippen LogP contribution >= 0.6 is 0 Å². The van der Waals surface area contributed by atoms with Crippen LogP contribution in [0.2, 0.25) is 0 Å². The number of para-hydroxylation sites is 1. The zero-order valence-corrected chi connectivity index (χ0v) is 13.3. The van der Waals surface area contributed by atoms with E-state index in [1.807, 2.05) is 6.07 Å². The van der Waals surface area contributed by atoms with Crippen LogP contribution in [0.25, 0.3) is 0 Å². The van der Waals surface area contributed by atoms with Gasteiger partial charge >= 0.3 is 6.16 Å². The second kappa shape index (κ2) is 6.04. The van der Waals surface area contributed by atoms with Crippen LogP contribution in [0, 0.1) is 5.92 Å². The molecule has 1 atom stereocenters. The first kappa shape index (κ1) is 14.8. The molecule has 0 saturated carbocycles. The maximum absolute atomic E-state index is 11.2. The molecule has 0 unspecified atom stereocenters. The molecule has 0 radical (unpaired) electrons.